The summed E-state index contributed by atoms with van der Waals surface area (Å²) in [6.45, 7) is 8.62. The van der Waals surface area contributed by atoms with Crippen LogP contribution in [0.15, 0.2) is 91.1 Å². The maximum atomic E-state index is 14.1. The number of aromatic nitrogens is 3. The van der Waals surface area contributed by atoms with Gasteiger partial charge >= 0.3 is 6.03 Å². The van der Waals surface area contributed by atoms with Crippen LogP contribution in [0.5, 0.6) is 0 Å². The Bertz CT molecular complexity index is 1610. The SMILES string of the molecule is Cc1ccc(C2c3cccn3-c3c(c(C)nn3-c3ccccc3)CN2C(=O)Nc2cc(C)cc(C)c2)cc1. The van der Waals surface area contributed by atoms with E-state index in [0.29, 0.717) is 6.54 Å². The summed E-state index contributed by atoms with van der Waals surface area (Å²) in [6.07, 6.45) is 2.07. The Kier molecular flexibility index (Phi) is 5.87. The molecular formula is C32H31N5O. The highest BCUT2D eigenvalue weighted by atomic mass is 16.2. The summed E-state index contributed by atoms with van der Waals surface area (Å²) in [4.78, 5) is 16.0. The number of aryl methyl sites for hydroxylation is 4. The molecular weight excluding hydrogens is 470 g/mol. The zero-order valence-corrected chi connectivity index (χ0v) is 22.1. The molecule has 3 aromatic carbocycles. The van der Waals surface area contributed by atoms with Gasteiger partial charge in [0.2, 0.25) is 0 Å². The average Bonchev–Trinajstić information content (AvgIpc) is 3.45. The van der Waals surface area contributed by atoms with Gasteiger partial charge in [-0.3, -0.25) is 0 Å². The second kappa shape index (κ2) is 9.38. The van der Waals surface area contributed by atoms with Gasteiger partial charge in [-0.2, -0.15) is 5.10 Å². The monoisotopic (exact) mass is 501 g/mol. The number of hydrogen-bond donors (Lipinski definition) is 1. The molecule has 1 N–H and O–H groups in total. The summed E-state index contributed by atoms with van der Waals surface area (Å²) >= 11 is 0. The van der Waals surface area contributed by atoms with E-state index >= 15 is 0 Å². The van der Waals surface area contributed by atoms with Crippen LogP contribution in [-0.4, -0.2) is 25.3 Å². The molecule has 5 aromatic rings. The van der Waals surface area contributed by atoms with Gasteiger partial charge in [0.15, 0.2) is 0 Å². The topological polar surface area (TPSA) is 55.1 Å². The van der Waals surface area contributed by atoms with Crippen LogP contribution in [0.2, 0.25) is 0 Å². The van der Waals surface area contributed by atoms with Gasteiger partial charge < -0.3 is 14.8 Å². The molecule has 6 nitrogen and oxygen atoms in total. The van der Waals surface area contributed by atoms with E-state index in [4.69, 9.17) is 5.10 Å². The molecule has 0 fully saturated rings. The number of carbonyl (C=O) groups excluding carboxylic acids is 1. The van der Waals surface area contributed by atoms with E-state index in [1.807, 2.05) is 66.8 Å². The zero-order chi connectivity index (χ0) is 26.4. The third-order valence-corrected chi connectivity index (χ3v) is 7.21. The van der Waals surface area contributed by atoms with Crippen molar-refractivity contribution in [1.29, 1.82) is 0 Å². The van der Waals surface area contributed by atoms with Crippen molar-refractivity contribution in [3.05, 3.63) is 130 Å². The second-order valence-electron chi connectivity index (χ2n) is 10.2. The lowest BCUT2D eigenvalue weighted by Gasteiger charge is -2.31. The first kappa shape index (κ1) is 23.8. The number of benzene rings is 3. The Morgan fingerprint density at radius 1 is 0.842 bits per heavy atom. The van der Waals surface area contributed by atoms with Gasteiger partial charge in [0, 0.05) is 17.4 Å². The van der Waals surface area contributed by atoms with Crippen molar-refractivity contribution < 1.29 is 4.79 Å². The van der Waals surface area contributed by atoms with Crippen molar-refractivity contribution >= 4 is 11.7 Å². The first-order chi connectivity index (χ1) is 18.4. The molecule has 2 aromatic heterocycles. The lowest BCUT2D eigenvalue weighted by atomic mass is 10.0. The summed E-state index contributed by atoms with van der Waals surface area (Å²) in [7, 11) is 0. The minimum absolute atomic E-state index is 0.145. The third kappa shape index (κ3) is 4.18. The van der Waals surface area contributed by atoms with Crippen molar-refractivity contribution in [2.45, 2.75) is 40.3 Å². The van der Waals surface area contributed by atoms with E-state index in [0.717, 1.165) is 50.8 Å². The molecule has 38 heavy (non-hydrogen) atoms. The molecule has 1 aliphatic heterocycles. The molecule has 0 saturated carbocycles. The smallest absolute Gasteiger partial charge is 0.308 e. The highest BCUT2D eigenvalue weighted by Gasteiger charge is 2.36. The van der Waals surface area contributed by atoms with Crippen molar-refractivity contribution in [2.75, 3.05) is 5.32 Å². The fourth-order valence-corrected chi connectivity index (χ4v) is 5.49. The highest BCUT2D eigenvalue weighted by Crippen LogP contribution is 2.38. The number of para-hydroxylation sites is 1. The largest absolute Gasteiger partial charge is 0.322 e. The molecule has 6 rings (SSSR count). The minimum atomic E-state index is -0.285. The number of amides is 2. The molecule has 0 aliphatic carbocycles. The molecule has 1 aliphatic rings. The van der Waals surface area contributed by atoms with Crippen LogP contribution in [0.3, 0.4) is 0 Å². The summed E-state index contributed by atoms with van der Waals surface area (Å²) in [5.41, 5.74) is 9.19. The predicted octanol–water partition coefficient (Wildman–Crippen LogP) is 7.03. The van der Waals surface area contributed by atoms with Crippen LogP contribution < -0.4 is 5.32 Å². The Morgan fingerprint density at radius 2 is 1.55 bits per heavy atom. The van der Waals surface area contributed by atoms with Crippen molar-refractivity contribution in [2.24, 2.45) is 0 Å². The fourth-order valence-electron chi connectivity index (χ4n) is 5.49. The van der Waals surface area contributed by atoms with Crippen molar-refractivity contribution in [3.8, 4) is 11.5 Å². The van der Waals surface area contributed by atoms with E-state index in [-0.39, 0.29) is 12.1 Å². The Morgan fingerprint density at radius 3 is 2.26 bits per heavy atom. The second-order valence-corrected chi connectivity index (χ2v) is 10.2. The van der Waals surface area contributed by atoms with Crippen LogP contribution in [0, 0.1) is 27.7 Å². The van der Waals surface area contributed by atoms with E-state index in [2.05, 4.69) is 71.5 Å². The number of urea groups is 1. The van der Waals surface area contributed by atoms with Gasteiger partial charge in [0.1, 0.15) is 5.82 Å². The van der Waals surface area contributed by atoms with E-state index in [1.165, 1.54) is 5.56 Å². The van der Waals surface area contributed by atoms with Crippen LogP contribution in [0.25, 0.3) is 11.5 Å². The maximum absolute atomic E-state index is 14.1. The molecule has 190 valence electrons. The summed E-state index contributed by atoms with van der Waals surface area (Å²) in [5, 5.41) is 8.12. The molecule has 6 heteroatoms. The molecule has 0 bridgehead atoms. The van der Waals surface area contributed by atoms with Crippen molar-refractivity contribution in [3.63, 3.8) is 0 Å². The predicted molar refractivity (Wildman–Crippen MR) is 151 cm³/mol. The van der Waals surface area contributed by atoms with E-state index in [1.54, 1.807) is 0 Å². The fraction of sp³-hybridized carbons (Fsp3) is 0.188. The number of fused-ring (bicyclic) bond motifs is 3. The number of hydrogen-bond acceptors (Lipinski definition) is 2. The highest BCUT2D eigenvalue weighted by molar-refractivity contribution is 5.90. The van der Waals surface area contributed by atoms with Crippen LogP contribution in [-0.2, 0) is 6.54 Å². The molecule has 0 radical (unpaired) electrons. The molecule has 0 spiro atoms. The number of anilines is 1. The average molecular weight is 502 g/mol. The molecule has 3 heterocycles. The van der Waals surface area contributed by atoms with Gasteiger partial charge in [0.05, 0.1) is 29.7 Å². The summed E-state index contributed by atoms with van der Waals surface area (Å²) < 4.78 is 4.18. The quantitative estimate of drug-likeness (QED) is 0.288. The first-order valence-corrected chi connectivity index (χ1v) is 12.9. The Labute approximate surface area is 223 Å². The Balaban J connectivity index is 1.53. The van der Waals surface area contributed by atoms with Crippen molar-refractivity contribution in [1.82, 2.24) is 19.2 Å². The van der Waals surface area contributed by atoms with Gasteiger partial charge in [-0.25, -0.2) is 9.48 Å². The van der Waals surface area contributed by atoms with E-state index < -0.39 is 0 Å². The van der Waals surface area contributed by atoms with E-state index in [9.17, 15) is 4.79 Å². The summed E-state index contributed by atoms with van der Waals surface area (Å²) in [5.74, 6) is 0.965. The van der Waals surface area contributed by atoms with Gasteiger partial charge in [-0.1, -0.05) is 54.1 Å². The third-order valence-electron chi connectivity index (χ3n) is 7.21. The standard InChI is InChI=1S/C32H31N5O/c1-21-12-14-25(15-13-21)30-29-11-8-16-35(29)31-28(24(4)34-37(31)27-9-6-5-7-10-27)20-36(30)32(38)33-26-18-22(2)17-23(3)19-26/h5-19,30H,20H2,1-4H3,(H,33,38). The lowest BCUT2D eigenvalue weighted by molar-refractivity contribution is 0.194. The Hall–Kier alpha value is -4.58. The van der Waals surface area contributed by atoms with Gasteiger partial charge in [-0.05, 0) is 80.8 Å². The lowest BCUT2D eigenvalue weighted by Crippen LogP contribution is -2.38. The van der Waals surface area contributed by atoms with Crippen LogP contribution in [0.4, 0.5) is 10.5 Å². The molecule has 1 unspecified atom stereocenters. The molecule has 2 amide bonds. The number of carbonyl (C=O) groups is 1. The van der Waals surface area contributed by atoms with Gasteiger partial charge in [0.25, 0.3) is 0 Å². The molecule has 0 saturated heterocycles. The maximum Gasteiger partial charge on any atom is 0.322 e. The summed E-state index contributed by atoms with van der Waals surface area (Å²) in [6, 6.07) is 28.5. The zero-order valence-electron chi connectivity index (χ0n) is 22.1. The number of rotatable bonds is 3. The minimum Gasteiger partial charge on any atom is -0.308 e. The first-order valence-electron chi connectivity index (χ1n) is 12.9. The number of nitrogens with one attached hydrogen (secondary N) is 1. The van der Waals surface area contributed by atoms with Gasteiger partial charge in [-0.15, -0.1) is 0 Å². The van der Waals surface area contributed by atoms with Crippen LogP contribution >= 0.6 is 0 Å². The normalized spacial score (nSPS) is 14.5. The van der Waals surface area contributed by atoms with Crippen LogP contribution in [0.1, 0.15) is 45.2 Å². The molecule has 1 atom stereocenters. The number of nitrogens with zero attached hydrogens (tertiary/aromatic N) is 4.